The Bertz CT molecular complexity index is 575. The second kappa shape index (κ2) is 6.56. The molecule has 0 saturated carbocycles. The van der Waals surface area contributed by atoms with Gasteiger partial charge < -0.3 is 14.4 Å². The zero-order chi connectivity index (χ0) is 14.5. The van der Waals surface area contributed by atoms with Crippen molar-refractivity contribution in [2.45, 2.75) is 6.54 Å². The molecule has 0 aliphatic heterocycles. The lowest BCUT2D eigenvalue weighted by molar-refractivity contribution is 0.394. The first-order valence-electron chi connectivity index (χ1n) is 6.04. The van der Waals surface area contributed by atoms with Gasteiger partial charge in [-0.15, -0.1) is 0 Å². The van der Waals surface area contributed by atoms with E-state index in [1.807, 2.05) is 36.2 Å². The van der Waals surface area contributed by atoms with Gasteiger partial charge in [0.15, 0.2) is 0 Å². The van der Waals surface area contributed by atoms with Gasteiger partial charge in [-0.1, -0.05) is 12.1 Å². The Morgan fingerprint density at radius 1 is 1.15 bits per heavy atom. The van der Waals surface area contributed by atoms with Crippen molar-refractivity contribution in [1.82, 2.24) is 9.97 Å². The molecule has 2 aromatic rings. The van der Waals surface area contributed by atoms with E-state index in [2.05, 4.69) is 25.9 Å². The van der Waals surface area contributed by atoms with Crippen LogP contribution in [0.25, 0.3) is 0 Å². The third-order valence-electron chi connectivity index (χ3n) is 2.81. The van der Waals surface area contributed by atoms with Crippen LogP contribution in [0.1, 0.15) is 5.56 Å². The summed E-state index contributed by atoms with van der Waals surface area (Å²) < 4.78 is 11.1. The first kappa shape index (κ1) is 14.6. The molecular weight excluding hydrogens is 322 g/mol. The number of nitrogens with zero attached hydrogens (tertiary/aromatic N) is 3. The lowest BCUT2D eigenvalue weighted by Gasteiger charge is -2.17. The van der Waals surface area contributed by atoms with Crippen LogP contribution in [0, 0.1) is 0 Å². The number of aromatic nitrogens is 2. The van der Waals surface area contributed by atoms with E-state index in [1.54, 1.807) is 20.4 Å². The van der Waals surface area contributed by atoms with E-state index in [-0.39, 0.29) is 0 Å². The van der Waals surface area contributed by atoms with Gasteiger partial charge in [-0.05, 0) is 33.6 Å². The predicted molar refractivity (Wildman–Crippen MR) is 81.4 cm³/mol. The molecule has 0 aliphatic carbocycles. The Morgan fingerprint density at radius 3 is 2.45 bits per heavy atom. The van der Waals surface area contributed by atoms with Crippen LogP contribution in [0.3, 0.4) is 0 Å². The van der Waals surface area contributed by atoms with Gasteiger partial charge in [0, 0.05) is 13.6 Å². The molecule has 1 aromatic carbocycles. The molecule has 0 saturated heterocycles. The van der Waals surface area contributed by atoms with E-state index in [1.165, 1.54) is 0 Å². The fourth-order valence-corrected chi connectivity index (χ4v) is 2.10. The van der Waals surface area contributed by atoms with E-state index in [0.717, 1.165) is 15.8 Å². The normalized spacial score (nSPS) is 10.2. The summed E-state index contributed by atoms with van der Waals surface area (Å²) >= 11 is 3.34. The highest BCUT2D eigenvalue weighted by molar-refractivity contribution is 9.10. The third-order valence-corrected chi connectivity index (χ3v) is 3.36. The highest BCUT2D eigenvalue weighted by Crippen LogP contribution is 2.23. The van der Waals surface area contributed by atoms with E-state index < -0.39 is 0 Å². The molecule has 0 unspecified atom stereocenters. The van der Waals surface area contributed by atoms with Crippen molar-refractivity contribution in [2.75, 3.05) is 26.2 Å². The predicted octanol–water partition coefficient (Wildman–Crippen LogP) is 2.89. The molecule has 5 nitrogen and oxygen atoms in total. The Hall–Kier alpha value is -1.82. The molecule has 0 amide bonds. The van der Waals surface area contributed by atoms with Crippen molar-refractivity contribution in [1.29, 1.82) is 0 Å². The molecule has 0 N–H and O–H groups in total. The first-order chi connectivity index (χ1) is 9.63. The van der Waals surface area contributed by atoms with Crippen LogP contribution >= 0.6 is 15.9 Å². The van der Waals surface area contributed by atoms with Crippen LogP contribution in [0.15, 0.2) is 34.9 Å². The average molecular weight is 338 g/mol. The minimum absolute atomic E-state index is 0.525. The Kier molecular flexibility index (Phi) is 4.79. The Labute approximate surface area is 126 Å². The topological polar surface area (TPSA) is 47.5 Å². The minimum atomic E-state index is 0.525. The molecule has 0 bridgehead atoms. The van der Waals surface area contributed by atoms with Gasteiger partial charge in [-0.2, -0.15) is 4.98 Å². The molecule has 106 valence electrons. The van der Waals surface area contributed by atoms with E-state index in [0.29, 0.717) is 18.4 Å². The molecule has 0 fully saturated rings. The van der Waals surface area contributed by atoms with Gasteiger partial charge in [-0.3, -0.25) is 0 Å². The molecule has 20 heavy (non-hydrogen) atoms. The zero-order valence-corrected chi connectivity index (χ0v) is 13.2. The van der Waals surface area contributed by atoms with Gasteiger partial charge in [0.1, 0.15) is 5.75 Å². The van der Waals surface area contributed by atoms with Crippen LogP contribution in [0.5, 0.6) is 11.6 Å². The maximum atomic E-state index is 5.18. The van der Waals surface area contributed by atoms with Gasteiger partial charge in [0.2, 0.25) is 11.8 Å². The number of methoxy groups -OCH3 is 2. The van der Waals surface area contributed by atoms with Crippen molar-refractivity contribution >= 4 is 21.9 Å². The number of anilines is 1. The van der Waals surface area contributed by atoms with Crippen LogP contribution < -0.4 is 14.4 Å². The van der Waals surface area contributed by atoms with Crippen molar-refractivity contribution in [3.8, 4) is 11.6 Å². The fraction of sp³-hybridized carbons (Fsp3) is 0.286. The number of halogens is 1. The Balaban J connectivity index is 2.12. The summed E-state index contributed by atoms with van der Waals surface area (Å²) in [5.74, 6) is 1.98. The molecular formula is C14H16BrN3O2. The van der Waals surface area contributed by atoms with Crippen molar-refractivity contribution in [2.24, 2.45) is 0 Å². The average Bonchev–Trinajstić information content (AvgIpc) is 2.48. The fourth-order valence-electron chi connectivity index (χ4n) is 1.75. The minimum Gasteiger partial charge on any atom is -0.497 e. The summed E-state index contributed by atoms with van der Waals surface area (Å²) in [4.78, 5) is 10.6. The van der Waals surface area contributed by atoms with Crippen molar-refractivity contribution in [3.63, 3.8) is 0 Å². The van der Waals surface area contributed by atoms with Gasteiger partial charge in [0.25, 0.3) is 0 Å². The maximum absolute atomic E-state index is 5.18. The van der Waals surface area contributed by atoms with Crippen LogP contribution in [0.2, 0.25) is 0 Å². The number of benzene rings is 1. The number of hydrogen-bond acceptors (Lipinski definition) is 5. The largest absolute Gasteiger partial charge is 0.497 e. The molecule has 0 atom stereocenters. The molecule has 0 radical (unpaired) electrons. The standard InChI is InChI=1S/C14H16BrN3O2/c1-18(9-10-4-6-11(19-2)7-5-10)14-16-8-12(15)13(17-14)20-3/h4-8H,9H2,1-3H3. The van der Waals surface area contributed by atoms with E-state index >= 15 is 0 Å². The summed E-state index contributed by atoms with van der Waals surface area (Å²) in [5, 5.41) is 0. The lowest BCUT2D eigenvalue weighted by Crippen LogP contribution is -2.19. The SMILES string of the molecule is COc1ccc(CN(C)c2ncc(Br)c(OC)n2)cc1. The second-order valence-corrected chi connectivity index (χ2v) is 5.09. The van der Waals surface area contributed by atoms with Crippen LogP contribution in [0.4, 0.5) is 5.95 Å². The smallest absolute Gasteiger partial charge is 0.232 e. The molecule has 1 heterocycles. The summed E-state index contributed by atoms with van der Waals surface area (Å²) in [6, 6.07) is 7.91. The Morgan fingerprint density at radius 2 is 1.85 bits per heavy atom. The highest BCUT2D eigenvalue weighted by atomic mass is 79.9. The maximum Gasteiger partial charge on any atom is 0.232 e. The summed E-state index contributed by atoms with van der Waals surface area (Å²) in [5.41, 5.74) is 1.15. The molecule has 6 heteroatoms. The number of ether oxygens (including phenoxy) is 2. The summed E-state index contributed by atoms with van der Waals surface area (Å²) in [6.07, 6.45) is 1.69. The molecule has 0 aliphatic rings. The molecule has 0 spiro atoms. The van der Waals surface area contributed by atoms with E-state index in [9.17, 15) is 0 Å². The number of rotatable bonds is 5. The van der Waals surface area contributed by atoms with E-state index in [4.69, 9.17) is 9.47 Å². The first-order valence-corrected chi connectivity index (χ1v) is 6.84. The summed E-state index contributed by atoms with van der Waals surface area (Å²) in [6.45, 7) is 0.703. The van der Waals surface area contributed by atoms with Gasteiger partial charge in [0.05, 0.1) is 24.9 Å². The van der Waals surface area contributed by atoms with Gasteiger partial charge >= 0.3 is 0 Å². The quantitative estimate of drug-likeness (QED) is 0.839. The van der Waals surface area contributed by atoms with Crippen LogP contribution in [-0.4, -0.2) is 31.2 Å². The highest BCUT2D eigenvalue weighted by Gasteiger charge is 2.09. The molecule has 2 rings (SSSR count). The monoisotopic (exact) mass is 337 g/mol. The zero-order valence-electron chi connectivity index (χ0n) is 11.6. The van der Waals surface area contributed by atoms with Crippen molar-refractivity contribution in [3.05, 3.63) is 40.5 Å². The number of hydrogen-bond donors (Lipinski definition) is 0. The second-order valence-electron chi connectivity index (χ2n) is 4.23. The lowest BCUT2D eigenvalue weighted by atomic mass is 10.2. The summed E-state index contributed by atoms with van der Waals surface area (Å²) in [7, 11) is 5.18. The van der Waals surface area contributed by atoms with Crippen molar-refractivity contribution < 1.29 is 9.47 Å². The van der Waals surface area contributed by atoms with Crippen LogP contribution in [-0.2, 0) is 6.54 Å². The molecule has 1 aromatic heterocycles. The van der Waals surface area contributed by atoms with Gasteiger partial charge in [-0.25, -0.2) is 4.98 Å². The third kappa shape index (κ3) is 3.39.